The van der Waals surface area contributed by atoms with Gasteiger partial charge in [-0.15, -0.1) is 0 Å². The number of carbonyl (C=O) groups excluding carboxylic acids is 4. The first-order chi connectivity index (χ1) is 20.1. The molecule has 0 bridgehead atoms. The molecule has 5 rings (SSSR count). The lowest BCUT2D eigenvalue weighted by Gasteiger charge is -2.37. The van der Waals surface area contributed by atoms with Gasteiger partial charge in [-0.05, 0) is 67.4 Å². The van der Waals surface area contributed by atoms with E-state index in [1.54, 1.807) is 86.8 Å². The molecule has 2 heterocycles. The van der Waals surface area contributed by atoms with Crippen molar-refractivity contribution in [3.8, 4) is 0 Å². The van der Waals surface area contributed by atoms with E-state index in [-0.39, 0.29) is 30.3 Å². The summed E-state index contributed by atoms with van der Waals surface area (Å²) in [5.74, 6) is -2.28. The first-order valence-electron chi connectivity index (χ1n) is 13.2. The van der Waals surface area contributed by atoms with Crippen molar-refractivity contribution >= 4 is 47.0 Å². The van der Waals surface area contributed by atoms with Gasteiger partial charge in [0.25, 0.3) is 17.7 Å². The summed E-state index contributed by atoms with van der Waals surface area (Å²) in [5.41, 5.74) is 2.26. The summed E-state index contributed by atoms with van der Waals surface area (Å²) >= 11 is 6.17. The van der Waals surface area contributed by atoms with Gasteiger partial charge < -0.3 is 20.2 Å². The van der Waals surface area contributed by atoms with Crippen molar-refractivity contribution in [3.05, 3.63) is 111 Å². The molecule has 0 spiro atoms. The Bertz CT molecular complexity index is 1620. The molecule has 11 heteroatoms. The first-order valence-corrected chi connectivity index (χ1v) is 13.6. The number of urea groups is 1. The van der Waals surface area contributed by atoms with E-state index < -0.39 is 29.9 Å². The zero-order valence-corrected chi connectivity index (χ0v) is 23.6. The Kier molecular flexibility index (Phi) is 7.82. The smallest absolute Gasteiger partial charge is 0.335 e. The molecule has 2 aliphatic heterocycles. The summed E-state index contributed by atoms with van der Waals surface area (Å²) in [6, 6.07) is 18.2. The molecule has 0 aliphatic carbocycles. The van der Waals surface area contributed by atoms with Gasteiger partial charge in [-0.1, -0.05) is 35.9 Å². The molecule has 0 fully saturated rings. The van der Waals surface area contributed by atoms with Crippen LogP contribution < -0.4 is 10.2 Å². The van der Waals surface area contributed by atoms with Crippen LogP contribution in [0.15, 0.2) is 84.1 Å². The second-order valence-electron chi connectivity index (χ2n) is 10.0. The van der Waals surface area contributed by atoms with E-state index in [1.807, 2.05) is 0 Å². The van der Waals surface area contributed by atoms with Gasteiger partial charge in [-0.2, -0.15) is 0 Å². The number of nitrogens with zero attached hydrogens (tertiary/aromatic N) is 3. The van der Waals surface area contributed by atoms with Crippen LogP contribution in [0.3, 0.4) is 0 Å². The highest BCUT2D eigenvalue weighted by molar-refractivity contribution is 6.34. The number of imide groups is 1. The number of hydrogen-bond donors (Lipinski definition) is 2. The van der Waals surface area contributed by atoms with Crippen molar-refractivity contribution in [2.45, 2.75) is 19.4 Å². The molecule has 0 aromatic heterocycles. The van der Waals surface area contributed by atoms with Crippen LogP contribution in [0.2, 0.25) is 5.02 Å². The molecule has 2 N–H and O–H groups in total. The van der Waals surface area contributed by atoms with Crippen LogP contribution >= 0.6 is 11.6 Å². The second kappa shape index (κ2) is 11.5. The van der Waals surface area contributed by atoms with E-state index in [4.69, 9.17) is 11.6 Å². The van der Waals surface area contributed by atoms with Crippen molar-refractivity contribution in [3.63, 3.8) is 0 Å². The maximum Gasteiger partial charge on any atom is 0.335 e. The van der Waals surface area contributed by atoms with Gasteiger partial charge in [0.05, 0.1) is 28.4 Å². The number of carboxylic acid groups (broad SMARTS) is 1. The fourth-order valence-electron chi connectivity index (χ4n) is 5.29. The average molecular weight is 587 g/mol. The third-order valence-corrected chi connectivity index (χ3v) is 7.58. The molecule has 2 aliphatic rings. The third-order valence-electron chi connectivity index (χ3n) is 7.34. The lowest BCUT2D eigenvalue weighted by atomic mass is 9.93. The van der Waals surface area contributed by atoms with E-state index in [0.717, 1.165) is 4.90 Å². The standard InChI is InChI=1S/C31H27ClN4O6/c1-18-25(30(40)41)26(20-7-5-8-21(32)17-20)35(31(42)33-18)16-6-15-34(2)27(37)19-11-13-22(14-12-19)36-28(38)23-9-3-4-10-24(23)29(36)39/h3-5,7-14,17,26H,6,15-16H2,1-2H3,(H,33,42)(H,40,41). The zero-order valence-electron chi connectivity index (χ0n) is 22.8. The Labute approximate surface area is 246 Å². The quantitative estimate of drug-likeness (QED) is 0.368. The Morgan fingerprint density at radius 1 is 0.952 bits per heavy atom. The van der Waals surface area contributed by atoms with Gasteiger partial charge in [-0.3, -0.25) is 14.4 Å². The number of fused-ring (bicyclic) bond motifs is 1. The molecule has 3 aromatic rings. The molecule has 214 valence electrons. The number of carboxylic acids is 1. The van der Waals surface area contributed by atoms with E-state index in [9.17, 15) is 29.1 Å². The van der Waals surface area contributed by atoms with Gasteiger partial charge in [0.1, 0.15) is 0 Å². The molecule has 5 amide bonds. The van der Waals surface area contributed by atoms with Crippen LogP contribution in [0.4, 0.5) is 10.5 Å². The largest absolute Gasteiger partial charge is 0.478 e. The van der Waals surface area contributed by atoms with E-state index >= 15 is 0 Å². The number of rotatable bonds is 8. The predicted octanol–water partition coefficient (Wildman–Crippen LogP) is 4.73. The van der Waals surface area contributed by atoms with E-state index in [0.29, 0.717) is 39.4 Å². The number of benzene rings is 3. The third kappa shape index (κ3) is 5.24. The number of halogens is 1. The van der Waals surface area contributed by atoms with Crippen LogP contribution in [0.25, 0.3) is 0 Å². The number of allylic oxidation sites excluding steroid dienone is 1. The minimum absolute atomic E-state index is 0.0412. The monoisotopic (exact) mass is 586 g/mol. The van der Waals surface area contributed by atoms with Crippen LogP contribution in [0.5, 0.6) is 0 Å². The molecule has 1 unspecified atom stereocenters. The molecule has 10 nitrogen and oxygen atoms in total. The summed E-state index contributed by atoms with van der Waals surface area (Å²) in [6.45, 7) is 1.99. The maximum atomic E-state index is 13.1. The Morgan fingerprint density at radius 2 is 1.60 bits per heavy atom. The average Bonchev–Trinajstić information content (AvgIpc) is 3.22. The Hall–Kier alpha value is -4.96. The molecule has 42 heavy (non-hydrogen) atoms. The Morgan fingerprint density at radius 3 is 2.19 bits per heavy atom. The lowest BCUT2D eigenvalue weighted by molar-refractivity contribution is -0.133. The van der Waals surface area contributed by atoms with Gasteiger partial charge in [0.15, 0.2) is 0 Å². The fourth-order valence-corrected chi connectivity index (χ4v) is 5.48. The van der Waals surface area contributed by atoms with Crippen molar-refractivity contribution in [1.82, 2.24) is 15.1 Å². The number of hydrogen-bond acceptors (Lipinski definition) is 5. The molecule has 3 aromatic carbocycles. The molecular formula is C31H27ClN4O6. The fraction of sp³-hybridized carbons (Fsp3) is 0.194. The van der Waals surface area contributed by atoms with Gasteiger partial charge >= 0.3 is 12.0 Å². The molecular weight excluding hydrogens is 560 g/mol. The molecule has 0 saturated heterocycles. The van der Waals surface area contributed by atoms with E-state index in [2.05, 4.69) is 5.32 Å². The number of carbonyl (C=O) groups is 5. The van der Waals surface area contributed by atoms with Crippen LogP contribution in [0, 0.1) is 0 Å². The van der Waals surface area contributed by atoms with Crippen LogP contribution in [-0.2, 0) is 4.79 Å². The predicted molar refractivity (Wildman–Crippen MR) is 155 cm³/mol. The summed E-state index contributed by atoms with van der Waals surface area (Å²) in [7, 11) is 1.62. The van der Waals surface area contributed by atoms with Gasteiger partial charge in [0.2, 0.25) is 0 Å². The van der Waals surface area contributed by atoms with Crippen LogP contribution in [0.1, 0.15) is 56.0 Å². The number of anilines is 1. The second-order valence-corrected chi connectivity index (χ2v) is 10.5. The summed E-state index contributed by atoms with van der Waals surface area (Å²) < 4.78 is 0. The van der Waals surface area contributed by atoms with Crippen molar-refractivity contribution in [1.29, 1.82) is 0 Å². The maximum absolute atomic E-state index is 13.1. The van der Waals surface area contributed by atoms with Gasteiger partial charge in [-0.25, -0.2) is 14.5 Å². The lowest BCUT2D eigenvalue weighted by Crippen LogP contribution is -2.49. The van der Waals surface area contributed by atoms with Crippen molar-refractivity contribution < 1.29 is 29.1 Å². The number of amides is 5. The van der Waals surface area contributed by atoms with Gasteiger partial charge in [0, 0.05) is 36.4 Å². The summed E-state index contributed by atoms with van der Waals surface area (Å²) in [4.78, 5) is 67.8. The summed E-state index contributed by atoms with van der Waals surface area (Å²) in [6.07, 6.45) is 0.367. The van der Waals surface area contributed by atoms with Crippen LogP contribution in [-0.4, -0.2) is 64.8 Å². The summed E-state index contributed by atoms with van der Waals surface area (Å²) in [5, 5.41) is 13.0. The zero-order chi connectivity index (χ0) is 30.1. The van der Waals surface area contributed by atoms with Crippen molar-refractivity contribution in [2.75, 3.05) is 25.0 Å². The minimum atomic E-state index is -1.15. The molecule has 0 radical (unpaired) electrons. The van der Waals surface area contributed by atoms with Crippen molar-refractivity contribution in [2.24, 2.45) is 0 Å². The highest BCUT2D eigenvalue weighted by Crippen LogP contribution is 2.35. The number of aliphatic carboxylic acids is 1. The molecule has 0 saturated carbocycles. The first kappa shape index (κ1) is 28.6. The SMILES string of the molecule is CC1=C(C(=O)O)C(c2cccc(Cl)c2)N(CCCN(C)C(=O)c2ccc(N3C(=O)c4ccccc4C3=O)cc2)C(=O)N1. The highest BCUT2D eigenvalue weighted by Gasteiger charge is 2.38. The normalized spacial score (nSPS) is 16.5. The topological polar surface area (TPSA) is 127 Å². The number of nitrogens with one attached hydrogen (secondary N) is 1. The minimum Gasteiger partial charge on any atom is -0.478 e. The Balaban J connectivity index is 1.26. The molecule has 1 atom stereocenters. The highest BCUT2D eigenvalue weighted by atomic mass is 35.5. The van der Waals surface area contributed by atoms with E-state index in [1.165, 1.54) is 9.80 Å².